The van der Waals surface area contributed by atoms with E-state index >= 15 is 0 Å². The predicted octanol–water partition coefficient (Wildman–Crippen LogP) is 4.65. The molecule has 1 aliphatic rings. The Hall–Kier alpha value is -3.43. The molecular formula is C24H25ClN6O3. The van der Waals surface area contributed by atoms with Gasteiger partial charge in [0.15, 0.2) is 0 Å². The molecule has 1 aliphatic heterocycles. The zero-order valence-corrected chi connectivity index (χ0v) is 20.1. The van der Waals surface area contributed by atoms with Crippen LogP contribution in [0.1, 0.15) is 44.1 Å². The van der Waals surface area contributed by atoms with Crippen LogP contribution in [0.4, 0.5) is 5.69 Å². The molecule has 0 aliphatic carbocycles. The van der Waals surface area contributed by atoms with Gasteiger partial charge in [-0.2, -0.15) is 4.98 Å². The highest BCUT2D eigenvalue weighted by molar-refractivity contribution is 6.29. The number of carbonyl (C=O) groups is 1. The SMILES string of the molecule is CC1CNc2c(oc3ccc4nc(Oc5cc(Cl)nc(CNC(C)(C)C)n5)ccc4c23)C(=O)N1. The Morgan fingerprint density at radius 1 is 1.18 bits per heavy atom. The van der Waals surface area contributed by atoms with Crippen molar-refractivity contribution in [2.75, 3.05) is 11.9 Å². The number of rotatable bonds is 4. The summed E-state index contributed by atoms with van der Waals surface area (Å²) in [5.74, 6) is 1.24. The molecule has 0 radical (unpaired) electrons. The number of fused-ring (bicyclic) bond motifs is 5. The number of anilines is 1. The third kappa shape index (κ3) is 4.49. The summed E-state index contributed by atoms with van der Waals surface area (Å²) in [4.78, 5) is 25.9. The van der Waals surface area contributed by atoms with Crippen LogP contribution in [0.15, 0.2) is 34.7 Å². The summed E-state index contributed by atoms with van der Waals surface area (Å²) >= 11 is 6.19. The lowest BCUT2D eigenvalue weighted by molar-refractivity contribution is 0.0920. The second-order valence-corrected chi connectivity index (χ2v) is 9.75. The number of furan rings is 1. The highest BCUT2D eigenvalue weighted by Gasteiger charge is 2.26. The quantitative estimate of drug-likeness (QED) is 0.362. The number of nitrogens with zero attached hydrogens (tertiary/aromatic N) is 3. The molecule has 5 rings (SSSR count). The molecule has 1 unspecified atom stereocenters. The highest BCUT2D eigenvalue weighted by atomic mass is 35.5. The average Bonchev–Trinajstić information content (AvgIpc) is 3.08. The number of ether oxygens (including phenoxy) is 1. The topological polar surface area (TPSA) is 114 Å². The van der Waals surface area contributed by atoms with E-state index in [-0.39, 0.29) is 28.4 Å². The second-order valence-electron chi connectivity index (χ2n) is 9.37. The molecule has 1 amide bonds. The van der Waals surface area contributed by atoms with E-state index in [2.05, 4.69) is 51.7 Å². The van der Waals surface area contributed by atoms with Crippen LogP contribution in [0.25, 0.3) is 21.9 Å². The van der Waals surface area contributed by atoms with Crippen molar-refractivity contribution in [3.05, 3.63) is 47.1 Å². The van der Waals surface area contributed by atoms with Crippen molar-refractivity contribution in [3.8, 4) is 11.8 Å². The Morgan fingerprint density at radius 3 is 2.79 bits per heavy atom. The first-order valence-corrected chi connectivity index (χ1v) is 11.4. The van der Waals surface area contributed by atoms with E-state index in [4.69, 9.17) is 20.8 Å². The van der Waals surface area contributed by atoms with Crippen LogP contribution < -0.4 is 20.7 Å². The van der Waals surface area contributed by atoms with Gasteiger partial charge in [0.25, 0.3) is 5.91 Å². The smallest absolute Gasteiger partial charge is 0.289 e. The second kappa shape index (κ2) is 8.41. The number of nitrogens with one attached hydrogen (secondary N) is 3. The third-order valence-electron chi connectivity index (χ3n) is 5.37. The first-order valence-electron chi connectivity index (χ1n) is 11.0. The normalized spacial score (nSPS) is 16.1. The summed E-state index contributed by atoms with van der Waals surface area (Å²) in [5, 5.41) is 11.5. The molecule has 176 valence electrons. The van der Waals surface area contributed by atoms with Crippen LogP contribution in [0.5, 0.6) is 11.8 Å². The Bertz CT molecular complexity index is 1410. The van der Waals surface area contributed by atoms with Crippen LogP contribution >= 0.6 is 11.6 Å². The van der Waals surface area contributed by atoms with Gasteiger partial charge in [0.2, 0.25) is 17.5 Å². The Morgan fingerprint density at radius 2 is 2.00 bits per heavy atom. The van der Waals surface area contributed by atoms with Gasteiger partial charge < -0.3 is 25.1 Å². The summed E-state index contributed by atoms with van der Waals surface area (Å²) in [5.41, 5.74) is 1.90. The third-order valence-corrected chi connectivity index (χ3v) is 5.56. The molecule has 1 aromatic carbocycles. The van der Waals surface area contributed by atoms with Crippen LogP contribution in [0.3, 0.4) is 0 Å². The van der Waals surface area contributed by atoms with Gasteiger partial charge in [0.1, 0.15) is 16.6 Å². The first kappa shape index (κ1) is 22.4. The molecule has 3 N–H and O–H groups in total. The van der Waals surface area contributed by atoms with Gasteiger partial charge in [-0.15, -0.1) is 0 Å². The number of hydrogen-bond acceptors (Lipinski definition) is 8. The standard InChI is InChI=1S/C24H25ClN6O3/c1-12-10-26-21-20-13-5-8-18(29-14(13)6-7-15(20)33-22(21)23(32)28-12)34-19-9-16(25)30-17(31-19)11-27-24(2,3)4/h5-9,12,26-27H,10-11H2,1-4H3,(H,28,32). The van der Waals surface area contributed by atoms with Crippen LogP contribution in [0, 0.1) is 0 Å². The molecule has 10 heteroatoms. The molecule has 9 nitrogen and oxygen atoms in total. The molecule has 4 aromatic rings. The fourth-order valence-corrected chi connectivity index (χ4v) is 3.98. The summed E-state index contributed by atoms with van der Waals surface area (Å²) < 4.78 is 11.8. The molecule has 0 fully saturated rings. The molecular weight excluding hydrogens is 456 g/mol. The fraction of sp³-hybridized carbons (Fsp3) is 0.333. The molecule has 3 aromatic heterocycles. The van der Waals surface area contributed by atoms with E-state index in [1.165, 1.54) is 0 Å². The van der Waals surface area contributed by atoms with Gasteiger partial charge in [-0.1, -0.05) is 11.6 Å². The maximum atomic E-state index is 12.5. The lowest BCUT2D eigenvalue weighted by Gasteiger charge is -2.19. The van der Waals surface area contributed by atoms with Gasteiger partial charge in [0, 0.05) is 35.6 Å². The Balaban J connectivity index is 1.48. The minimum Gasteiger partial charge on any atom is -0.449 e. The first-order chi connectivity index (χ1) is 16.2. The minimum absolute atomic E-state index is 0.0126. The van der Waals surface area contributed by atoms with E-state index in [1.54, 1.807) is 18.2 Å². The maximum Gasteiger partial charge on any atom is 0.289 e. The van der Waals surface area contributed by atoms with Crippen molar-refractivity contribution in [3.63, 3.8) is 0 Å². The molecule has 1 atom stereocenters. The number of carbonyl (C=O) groups excluding carboxylic acids is 1. The van der Waals surface area contributed by atoms with Gasteiger partial charge in [-0.25, -0.2) is 9.97 Å². The summed E-state index contributed by atoms with van der Waals surface area (Å²) in [6.07, 6.45) is 0. The molecule has 0 spiro atoms. The van der Waals surface area contributed by atoms with Crippen molar-refractivity contribution in [2.45, 2.75) is 45.8 Å². The largest absolute Gasteiger partial charge is 0.449 e. The molecule has 0 saturated carbocycles. The van der Waals surface area contributed by atoms with Crippen LogP contribution in [-0.2, 0) is 6.54 Å². The number of halogens is 1. The zero-order chi connectivity index (χ0) is 24.0. The lowest BCUT2D eigenvalue weighted by Crippen LogP contribution is -2.35. The molecule has 0 bridgehead atoms. The zero-order valence-electron chi connectivity index (χ0n) is 19.3. The average molecular weight is 481 g/mol. The van der Waals surface area contributed by atoms with E-state index in [0.717, 1.165) is 10.8 Å². The monoisotopic (exact) mass is 480 g/mol. The fourth-order valence-electron chi connectivity index (χ4n) is 3.79. The summed E-state index contributed by atoms with van der Waals surface area (Å²) in [6, 6.07) is 8.83. The maximum absolute atomic E-state index is 12.5. The number of pyridine rings is 1. The van der Waals surface area contributed by atoms with Crippen molar-refractivity contribution in [2.24, 2.45) is 0 Å². The van der Waals surface area contributed by atoms with E-state index in [9.17, 15) is 4.79 Å². The van der Waals surface area contributed by atoms with E-state index < -0.39 is 0 Å². The van der Waals surface area contributed by atoms with Crippen molar-refractivity contribution in [1.82, 2.24) is 25.6 Å². The molecule has 4 heterocycles. The highest BCUT2D eigenvalue weighted by Crippen LogP contribution is 2.37. The molecule has 34 heavy (non-hydrogen) atoms. The number of hydrogen-bond donors (Lipinski definition) is 3. The van der Waals surface area contributed by atoms with Crippen molar-refractivity contribution >= 4 is 45.1 Å². The number of amides is 1. The summed E-state index contributed by atoms with van der Waals surface area (Å²) in [7, 11) is 0. The van der Waals surface area contributed by atoms with Gasteiger partial charge in [-0.3, -0.25) is 4.79 Å². The Labute approximate surface area is 201 Å². The van der Waals surface area contributed by atoms with Crippen molar-refractivity contribution in [1.29, 1.82) is 0 Å². The van der Waals surface area contributed by atoms with E-state index in [0.29, 0.717) is 47.5 Å². The van der Waals surface area contributed by atoms with Gasteiger partial charge in [-0.05, 0) is 45.9 Å². The lowest BCUT2D eigenvalue weighted by atomic mass is 10.1. The van der Waals surface area contributed by atoms with Crippen LogP contribution in [-0.4, -0.2) is 39.0 Å². The number of benzene rings is 1. The molecule has 0 saturated heterocycles. The Kier molecular flexibility index (Phi) is 5.53. The number of aromatic nitrogens is 3. The minimum atomic E-state index is -0.234. The van der Waals surface area contributed by atoms with Gasteiger partial charge >= 0.3 is 0 Å². The summed E-state index contributed by atoms with van der Waals surface area (Å²) in [6.45, 7) is 9.17. The van der Waals surface area contributed by atoms with Crippen LogP contribution in [0.2, 0.25) is 5.15 Å². The van der Waals surface area contributed by atoms with Gasteiger partial charge in [0.05, 0.1) is 23.1 Å². The van der Waals surface area contributed by atoms with Crippen molar-refractivity contribution < 1.29 is 13.9 Å². The predicted molar refractivity (Wildman–Crippen MR) is 131 cm³/mol. The van der Waals surface area contributed by atoms with E-state index in [1.807, 2.05) is 19.1 Å².